The SMILES string of the molecule is CCCCCCCCCCP(=O)(CCCCCCCCCC)CN(C)CC(=O)O. The normalized spacial score (nSPS) is 12.0. The lowest BCUT2D eigenvalue weighted by atomic mass is 10.1. The Morgan fingerprint density at radius 1 is 0.690 bits per heavy atom. The number of carboxylic acid groups (broad SMARTS) is 1. The van der Waals surface area contributed by atoms with Crippen LogP contribution < -0.4 is 0 Å². The number of unbranched alkanes of at least 4 members (excludes halogenated alkanes) is 14. The van der Waals surface area contributed by atoms with Crippen LogP contribution in [-0.4, -0.2) is 48.2 Å². The molecule has 0 radical (unpaired) electrons. The Labute approximate surface area is 181 Å². The van der Waals surface area contributed by atoms with Crippen LogP contribution in [0.2, 0.25) is 0 Å². The summed E-state index contributed by atoms with van der Waals surface area (Å²) in [7, 11) is -0.508. The predicted molar refractivity (Wildman–Crippen MR) is 128 cm³/mol. The average molecular weight is 432 g/mol. The fraction of sp³-hybridized carbons (Fsp3) is 0.958. The predicted octanol–water partition coefficient (Wildman–Crippen LogP) is 7.60. The van der Waals surface area contributed by atoms with Crippen LogP contribution in [0, 0.1) is 0 Å². The van der Waals surface area contributed by atoms with E-state index in [1.807, 2.05) is 0 Å². The van der Waals surface area contributed by atoms with Crippen LogP contribution in [0.1, 0.15) is 117 Å². The largest absolute Gasteiger partial charge is 0.480 e. The molecule has 0 atom stereocenters. The van der Waals surface area contributed by atoms with Gasteiger partial charge in [0.25, 0.3) is 0 Å². The molecule has 1 N–H and O–H groups in total. The molecule has 0 rings (SSSR count). The van der Waals surface area contributed by atoms with Gasteiger partial charge in [-0.15, -0.1) is 0 Å². The summed E-state index contributed by atoms with van der Waals surface area (Å²) in [6.45, 7) is 4.47. The van der Waals surface area contributed by atoms with Crippen molar-refractivity contribution in [2.45, 2.75) is 117 Å². The number of hydrogen-bond donors (Lipinski definition) is 1. The molecule has 0 heterocycles. The molecule has 0 aromatic carbocycles. The van der Waals surface area contributed by atoms with Gasteiger partial charge in [0.2, 0.25) is 0 Å². The second-order valence-corrected chi connectivity index (χ2v) is 12.3. The molecular weight excluding hydrogens is 381 g/mol. The molecule has 0 aromatic rings. The van der Waals surface area contributed by atoms with Gasteiger partial charge < -0.3 is 9.67 Å². The second-order valence-electron chi connectivity index (χ2n) is 9.00. The van der Waals surface area contributed by atoms with E-state index in [0.717, 1.165) is 38.0 Å². The summed E-state index contributed by atoms with van der Waals surface area (Å²) in [4.78, 5) is 12.7. The number of hydrogen-bond acceptors (Lipinski definition) is 3. The average Bonchev–Trinajstić information content (AvgIpc) is 2.65. The van der Waals surface area contributed by atoms with Gasteiger partial charge in [-0.25, -0.2) is 0 Å². The molecular formula is C24H50NO3P. The van der Waals surface area contributed by atoms with Gasteiger partial charge in [-0.05, 0) is 19.9 Å². The highest BCUT2D eigenvalue weighted by molar-refractivity contribution is 7.63. The molecule has 0 amide bonds. The first-order valence-electron chi connectivity index (χ1n) is 12.4. The summed E-state index contributed by atoms with van der Waals surface area (Å²) in [6.07, 6.45) is 22.1. The fourth-order valence-corrected chi connectivity index (χ4v) is 7.13. The number of carboxylic acids is 1. The van der Waals surface area contributed by atoms with Crippen LogP contribution >= 0.6 is 7.14 Å². The van der Waals surface area contributed by atoms with Crippen LogP contribution in [0.15, 0.2) is 0 Å². The first-order valence-corrected chi connectivity index (χ1v) is 14.7. The van der Waals surface area contributed by atoms with Gasteiger partial charge in [0.15, 0.2) is 0 Å². The molecule has 5 heteroatoms. The van der Waals surface area contributed by atoms with Gasteiger partial charge in [0, 0.05) is 12.3 Å². The molecule has 0 saturated carbocycles. The first kappa shape index (κ1) is 28.7. The van der Waals surface area contributed by atoms with Crippen LogP contribution in [0.3, 0.4) is 0 Å². The Kier molecular flexibility index (Phi) is 19.4. The molecule has 0 spiro atoms. The molecule has 0 unspecified atom stereocenters. The Balaban J connectivity index is 4.19. The number of likely N-dealkylation sites (N-methyl/N-ethyl adjacent to an activating group) is 1. The van der Waals surface area contributed by atoms with Crippen molar-refractivity contribution >= 4 is 13.1 Å². The molecule has 4 nitrogen and oxygen atoms in total. The van der Waals surface area contributed by atoms with E-state index in [2.05, 4.69) is 13.8 Å². The first-order chi connectivity index (χ1) is 13.9. The monoisotopic (exact) mass is 431 g/mol. The van der Waals surface area contributed by atoms with Crippen LogP contribution in [0.25, 0.3) is 0 Å². The fourth-order valence-electron chi connectivity index (χ4n) is 4.04. The zero-order valence-corrected chi connectivity index (χ0v) is 20.7. The molecule has 0 aliphatic heterocycles. The molecule has 29 heavy (non-hydrogen) atoms. The third kappa shape index (κ3) is 19.4. The van der Waals surface area contributed by atoms with E-state index < -0.39 is 13.1 Å². The van der Waals surface area contributed by atoms with Crippen LogP contribution in [0.5, 0.6) is 0 Å². The van der Waals surface area contributed by atoms with Crippen molar-refractivity contribution < 1.29 is 14.5 Å². The highest BCUT2D eigenvalue weighted by Gasteiger charge is 2.24. The molecule has 0 aromatic heterocycles. The van der Waals surface area contributed by atoms with E-state index >= 15 is 0 Å². The maximum Gasteiger partial charge on any atom is 0.317 e. The topological polar surface area (TPSA) is 57.6 Å². The molecule has 0 fully saturated rings. The maximum atomic E-state index is 13.5. The van der Waals surface area contributed by atoms with E-state index in [1.165, 1.54) is 77.0 Å². The van der Waals surface area contributed by atoms with Gasteiger partial charge in [0.05, 0.1) is 12.8 Å². The van der Waals surface area contributed by atoms with Crippen molar-refractivity contribution in [1.29, 1.82) is 0 Å². The van der Waals surface area contributed by atoms with Crippen molar-refractivity contribution in [1.82, 2.24) is 4.90 Å². The zero-order valence-electron chi connectivity index (χ0n) is 19.8. The lowest BCUT2D eigenvalue weighted by Gasteiger charge is -2.24. The van der Waals surface area contributed by atoms with Crippen molar-refractivity contribution in [2.24, 2.45) is 0 Å². The van der Waals surface area contributed by atoms with Crippen molar-refractivity contribution in [3.63, 3.8) is 0 Å². The lowest BCUT2D eigenvalue weighted by molar-refractivity contribution is -0.137. The van der Waals surface area contributed by atoms with Crippen molar-refractivity contribution in [3.05, 3.63) is 0 Å². The van der Waals surface area contributed by atoms with E-state index in [9.17, 15) is 9.36 Å². The van der Waals surface area contributed by atoms with Crippen LogP contribution in [0.4, 0.5) is 0 Å². The highest BCUT2D eigenvalue weighted by atomic mass is 31.2. The summed E-state index contributed by atoms with van der Waals surface area (Å²) in [5.74, 6) is -0.835. The Morgan fingerprint density at radius 3 is 1.38 bits per heavy atom. The van der Waals surface area contributed by atoms with Gasteiger partial charge in [-0.2, -0.15) is 0 Å². The lowest BCUT2D eigenvalue weighted by Crippen LogP contribution is -2.27. The summed E-state index contributed by atoms with van der Waals surface area (Å²) in [5.41, 5.74) is 0. The number of nitrogens with zero attached hydrogens (tertiary/aromatic N) is 1. The molecule has 174 valence electrons. The summed E-state index contributed by atoms with van der Waals surface area (Å²) in [5, 5.41) is 9.02. The van der Waals surface area contributed by atoms with Gasteiger partial charge >= 0.3 is 5.97 Å². The highest BCUT2D eigenvalue weighted by Crippen LogP contribution is 2.48. The van der Waals surface area contributed by atoms with E-state index in [4.69, 9.17) is 5.11 Å². The standard InChI is InChI=1S/C24H50NO3P/c1-4-6-8-10-12-14-16-18-20-29(28,23-25(3)22-24(26)27)21-19-17-15-13-11-9-7-5-2/h4-23H2,1-3H3,(H,26,27). The number of rotatable bonds is 22. The van der Waals surface area contributed by atoms with E-state index in [0.29, 0.717) is 6.29 Å². The number of aliphatic carboxylic acids is 1. The molecule has 0 aliphatic carbocycles. The second kappa shape index (κ2) is 19.6. The third-order valence-corrected chi connectivity index (χ3v) is 9.00. The summed E-state index contributed by atoms with van der Waals surface area (Å²) >= 11 is 0. The van der Waals surface area contributed by atoms with Crippen molar-refractivity contribution in [2.75, 3.05) is 32.2 Å². The quantitative estimate of drug-likeness (QED) is 0.142. The number of carbonyl (C=O) groups is 1. The van der Waals surface area contributed by atoms with E-state index in [1.54, 1.807) is 11.9 Å². The van der Waals surface area contributed by atoms with Gasteiger partial charge in [-0.1, -0.05) is 104 Å². The molecule has 0 saturated heterocycles. The maximum absolute atomic E-state index is 13.5. The van der Waals surface area contributed by atoms with Gasteiger partial charge in [-0.3, -0.25) is 9.69 Å². The summed E-state index contributed by atoms with van der Waals surface area (Å²) in [6, 6.07) is 0. The van der Waals surface area contributed by atoms with Gasteiger partial charge in [0.1, 0.15) is 7.14 Å². The zero-order chi connectivity index (χ0) is 21.8. The third-order valence-electron chi connectivity index (χ3n) is 5.74. The van der Waals surface area contributed by atoms with Crippen LogP contribution in [-0.2, 0) is 9.36 Å². The smallest absolute Gasteiger partial charge is 0.317 e. The minimum Gasteiger partial charge on any atom is -0.480 e. The molecule has 0 bridgehead atoms. The van der Waals surface area contributed by atoms with E-state index in [-0.39, 0.29) is 6.54 Å². The summed E-state index contributed by atoms with van der Waals surface area (Å²) < 4.78 is 13.5. The Hall–Kier alpha value is -0.340. The van der Waals surface area contributed by atoms with Crippen molar-refractivity contribution in [3.8, 4) is 0 Å². The Bertz CT molecular complexity index is 404. The molecule has 0 aliphatic rings. The minimum absolute atomic E-state index is 0.0150. The minimum atomic E-state index is -2.30. The Morgan fingerprint density at radius 2 is 1.03 bits per heavy atom.